The highest BCUT2D eigenvalue weighted by Gasteiger charge is 2.20. The van der Waals surface area contributed by atoms with Crippen LogP contribution in [0.4, 0.5) is 0 Å². The molecule has 0 saturated carbocycles. The summed E-state index contributed by atoms with van der Waals surface area (Å²) in [5, 5.41) is 3.44. The van der Waals surface area contributed by atoms with Gasteiger partial charge in [-0.15, -0.1) is 0 Å². The third kappa shape index (κ3) is 4.29. The first-order valence-electron chi connectivity index (χ1n) is 5.90. The van der Waals surface area contributed by atoms with Gasteiger partial charge in [0.25, 0.3) is 0 Å². The van der Waals surface area contributed by atoms with Crippen molar-refractivity contribution in [2.45, 2.75) is 38.6 Å². The lowest BCUT2D eigenvalue weighted by Crippen LogP contribution is -2.35. The van der Waals surface area contributed by atoms with Gasteiger partial charge in [0, 0.05) is 29.9 Å². The number of rotatable bonds is 6. The number of nitrogens with zero attached hydrogens (tertiary/aromatic N) is 1. The number of nitrogens with two attached hydrogens (primary N) is 1. The van der Waals surface area contributed by atoms with Crippen molar-refractivity contribution in [1.82, 2.24) is 10.3 Å². The molecular formula is C13H23N3. The maximum atomic E-state index is 5.70. The molecule has 0 aliphatic carbocycles. The van der Waals surface area contributed by atoms with Gasteiger partial charge in [-0.1, -0.05) is 19.9 Å². The molecule has 3 N–H and O–H groups in total. The van der Waals surface area contributed by atoms with Gasteiger partial charge in [0.1, 0.15) is 0 Å². The van der Waals surface area contributed by atoms with Crippen LogP contribution in [0.1, 0.15) is 32.9 Å². The molecule has 1 aromatic heterocycles. The van der Waals surface area contributed by atoms with Gasteiger partial charge in [0.15, 0.2) is 0 Å². The van der Waals surface area contributed by atoms with Crippen LogP contribution in [-0.2, 0) is 5.41 Å². The van der Waals surface area contributed by atoms with E-state index in [1.807, 2.05) is 25.3 Å². The van der Waals surface area contributed by atoms with Gasteiger partial charge in [0.2, 0.25) is 0 Å². The lowest BCUT2D eigenvalue weighted by molar-refractivity contribution is 0.448. The predicted molar refractivity (Wildman–Crippen MR) is 68.4 cm³/mol. The van der Waals surface area contributed by atoms with E-state index in [0.717, 1.165) is 25.2 Å². The summed E-state index contributed by atoms with van der Waals surface area (Å²) in [5.41, 5.74) is 6.90. The Morgan fingerprint density at radius 2 is 2.19 bits per heavy atom. The van der Waals surface area contributed by atoms with E-state index in [4.69, 9.17) is 5.73 Å². The second kappa shape index (κ2) is 5.97. The maximum absolute atomic E-state index is 5.70. The van der Waals surface area contributed by atoms with Crippen LogP contribution in [0.15, 0.2) is 24.4 Å². The van der Waals surface area contributed by atoms with Gasteiger partial charge in [0.05, 0.1) is 0 Å². The summed E-state index contributed by atoms with van der Waals surface area (Å²) in [6, 6.07) is 6.33. The first-order valence-corrected chi connectivity index (χ1v) is 5.90. The number of pyridine rings is 1. The fourth-order valence-corrected chi connectivity index (χ4v) is 1.58. The first-order chi connectivity index (χ1) is 7.52. The minimum absolute atomic E-state index is 0.0685. The summed E-state index contributed by atoms with van der Waals surface area (Å²) in [6.07, 6.45) is 2.86. The highest BCUT2D eigenvalue weighted by Crippen LogP contribution is 2.19. The number of hydrogen-bond acceptors (Lipinski definition) is 3. The molecule has 0 aliphatic rings. The molecule has 0 aliphatic heterocycles. The van der Waals surface area contributed by atoms with E-state index in [1.54, 1.807) is 0 Å². The average molecular weight is 221 g/mol. The molecule has 1 aromatic rings. The third-order valence-corrected chi connectivity index (χ3v) is 2.70. The fourth-order valence-electron chi connectivity index (χ4n) is 1.58. The molecule has 0 aromatic carbocycles. The first kappa shape index (κ1) is 13.1. The molecule has 0 bridgehead atoms. The van der Waals surface area contributed by atoms with E-state index < -0.39 is 0 Å². The van der Waals surface area contributed by atoms with Crippen molar-refractivity contribution in [3.05, 3.63) is 30.1 Å². The Balaban J connectivity index is 2.40. The van der Waals surface area contributed by atoms with Gasteiger partial charge < -0.3 is 11.1 Å². The quantitative estimate of drug-likeness (QED) is 0.719. The van der Waals surface area contributed by atoms with Gasteiger partial charge >= 0.3 is 0 Å². The lowest BCUT2D eigenvalue weighted by atomic mass is 9.88. The Morgan fingerprint density at radius 1 is 1.44 bits per heavy atom. The van der Waals surface area contributed by atoms with Gasteiger partial charge in [-0.25, -0.2) is 0 Å². The van der Waals surface area contributed by atoms with Crippen LogP contribution in [-0.4, -0.2) is 24.1 Å². The van der Waals surface area contributed by atoms with E-state index >= 15 is 0 Å². The topological polar surface area (TPSA) is 50.9 Å². The second-order valence-electron chi connectivity index (χ2n) is 5.04. The van der Waals surface area contributed by atoms with Gasteiger partial charge in [-0.3, -0.25) is 4.98 Å². The molecule has 0 amide bonds. The van der Waals surface area contributed by atoms with Crippen LogP contribution in [0, 0.1) is 0 Å². The summed E-state index contributed by atoms with van der Waals surface area (Å²) in [7, 11) is 0. The number of hydrogen-bond donors (Lipinski definition) is 2. The Hall–Kier alpha value is -0.930. The minimum atomic E-state index is 0.0685. The molecular weight excluding hydrogens is 198 g/mol. The summed E-state index contributed by atoms with van der Waals surface area (Å²) in [5.74, 6) is 0. The van der Waals surface area contributed by atoms with E-state index in [9.17, 15) is 0 Å². The number of nitrogens with one attached hydrogen (secondary N) is 1. The summed E-state index contributed by atoms with van der Waals surface area (Å²) < 4.78 is 0. The van der Waals surface area contributed by atoms with Crippen molar-refractivity contribution in [3.63, 3.8) is 0 Å². The molecule has 0 radical (unpaired) electrons. The average Bonchev–Trinajstić information content (AvgIpc) is 2.26. The Labute approximate surface area is 98.5 Å². The molecule has 0 spiro atoms. The zero-order valence-electron chi connectivity index (χ0n) is 10.5. The van der Waals surface area contributed by atoms with Crippen LogP contribution in [0.2, 0.25) is 0 Å². The monoisotopic (exact) mass is 221 g/mol. The van der Waals surface area contributed by atoms with E-state index in [1.165, 1.54) is 0 Å². The SMILES string of the molecule is CC(N)CCNCC(C)(C)c1ccccn1. The molecule has 3 nitrogen and oxygen atoms in total. The predicted octanol–water partition coefficient (Wildman–Crippen LogP) is 1.69. The lowest BCUT2D eigenvalue weighted by Gasteiger charge is -2.24. The van der Waals surface area contributed by atoms with Crippen LogP contribution >= 0.6 is 0 Å². The second-order valence-corrected chi connectivity index (χ2v) is 5.04. The minimum Gasteiger partial charge on any atom is -0.328 e. The Bertz CT molecular complexity index is 293. The molecule has 1 unspecified atom stereocenters. The van der Waals surface area contributed by atoms with Crippen molar-refractivity contribution in [1.29, 1.82) is 0 Å². The normalized spacial score (nSPS) is 13.8. The van der Waals surface area contributed by atoms with Crippen LogP contribution in [0.25, 0.3) is 0 Å². The van der Waals surface area contributed by atoms with Crippen molar-refractivity contribution in [2.75, 3.05) is 13.1 Å². The Morgan fingerprint density at radius 3 is 2.75 bits per heavy atom. The highest BCUT2D eigenvalue weighted by molar-refractivity contribution is 5.14. The fraction of sp³-hybridized carbons (Fsp3) is 0.615. The molecule has 16 heavy (non-hydrogen) atoms. The third-order valence-electron chi connectivity index (χ3n) is 2.70. The van der Waals surface area contributed by atoms with E-state index in [0.29, 0.717) is 0 Å². The van der Waals surface area contributed by atoms with Crippen LogP contribution < -0.4 is 11.1 Å². The molecule has 0 fully saturated rings. The zero-order chi connectivity index (χ0) is 12.0. The molecule has 1 heterocycles. The largest absolute Gasteiger partial charge is 0.328 e. The van der Waals surface area contributed by atoms with Gasteiger partial charge in [-0.05, 0) is 32.0 Å². The highest BCUT2D eigenvalue weighted by atomic mass is 14.9. The van der Waals surface area contributed by atoms with Gasteiger partial charge in [-0.2, -0.15) is 0 Å². The Kier molecular flexibility index (Phi) is 4.90. The molecule has 0 saturated heterocycles. The molecule has 1 rings (SSSR count). The molecule has 1 atom stereocenters. The van der Waals surface area contributed by atoms with E-state index in [2.05, 4.69) is 30.2 Å². The van der Waals surface area contributed by atoms with E-state index in [-0.39, 0.29) is 11.5 Å². The summed E-state index contributed by atoms with van der Waals surface area (Å²) in [6.45, 7) is 8.33. The molecule has 90 valence electrons. The molecule has 3 heteroatoms. The van der Waals surface area contributed by atoms with Crippen molar-refractivity contribution in [2.24, 2.45) is 5.73 Å². The van der Waals surface area contributed by atoms with Crippen molar-refractivity contribution in [3.8, 4) is 0 Å². The smallest absolute Gasteiger partial charge is 0.0472 e. The maximum Gasteiger partial charge on any atom is 0.0472 e. The summed E-state index contributed by atoms with van der Waals surface area (Å²) in [4.78, 5) is 4.40. The van der Waals surface area contributed by atoms with Crippen molar-refractivity contribution < 1.29 is 0 Å². The zero-order valence-corrected chi connectivity index (χ0v) is 10.5. The standard InChI is InChI=1S/C13H23N3/c1-11(14)7-9-15-10-13(2,3)12-6-4-5-8-16-12/h4-6,8,11,15H,7,9-10,14H2,1-3H3. The van der Waals surface area contributed by atoms with Crippen molar-refractivity contribution >= 4 is 0 Å². The van der Waals surface area contributed by atoms with Crippen LogP contribution in [0.3, 0.4) is 0 Å². The summed E-state index contributed by atoms with van der Waals surface area (Å²) >= 11 is 0. The number of aromatic nitrogens is 1. The van der Waals surface area contributed by atoms with Crippen LogP contribution in [0.5, 0.6) is 0 Å².